The van der Waals surface area contributed by atoms with E-state index >= 15 is 0 Å². The highest BCUT2D eigenvalue weighted by Gasteiger charge is 2.33. The van der Waals surface area contributed by atoms with Crippen molar-refractivity contribution in [1.29, 1.82) is 0 Å². The fourth-order valence-electron chi connectivity index (χ4n) is 2.01. The van der Waals surface area contributed by atoms with Crippen molar-refractivity contribution in [2.45, 2.75) is 19.0 Å². The summed E-state index contributed by atoms with van der Waals surface area (Å²) in [5.41, 5.74) is 4.68. The van der Waals surface area contributed by atoms with Crippen molar-refractivity contribution in [2.75, 3.05) is 19.8 Å². The van der Waals surface area contributed by atoms with Gasteiger partial charge in [-0.1, -0.05) is 12.2 Å². The largest absolute Gasteiger partial charge is 0.477 e. The predicted octanol–water partition coefficient (Wildman–Crippen LogP) is 2.54. The molecule has 21 heavy (non-hydrogen) atoms. The Morgan fingerprint density at radius 1 is 1.38 bits per heavy atom. The summed E-state index contributed by atoms with van der Waals surface area (Å²) in [7, 11) is 0. The van der Waals surface area contributed by atoms with Gasteiger partial charge in [0.25, 0.3) is 0 Å². The van der Waals surface area contributed by atoms with Gasteiger partial charge >= 0.3 is 6.18 Å². The molecule has 0 radical (unpaired) electrons. The van der Waals surface area contributed by atoms with Gasteiger partial charge in [-0.2, -0.15) is 13.2 Å². The number of ether oxygens (including phenoxy) is 2. The minimum absolute atomic E-state index is 0.0433. The zero-order valence-corrected chi connectivity index (χ0v) is 12.0. The van der Waals surface area contributed by atoms with Crippen LogP contribution in [0.2, 0.25) is 0 Å². The van der Waals surface area contributed by atoms with E-state index in [1.54, 1.807) is 0 Å². The number of thiocarbonyl (C=S) groups is 1. The Balaban J connectivity index is 2.16. The minimum Gasteiger partial charge on any atom is -0.477 e. The number of nitrogens with zero attached hydrogens (tertiary/aromatic N) is 1. The van der Waals surface area contributed by atoms with Crippen LogP contribution in [0.15, 0.2) is 12.1 Å². The average molecular weight is 320 g/mol. The van der Waals surface area contributed by atoms with E-state index in [0.717, 1.165) is 18.9 Å². The second-order valence-corrected chi connectivity index (χ2v) is 5.22. The second kappa shape index (κ2) is 6.57. The molecule has 0 amide bonds. The van der Waals surface area contributed by atoms with Crippen molar-refractivity contribution in [2.24, 2.45) is 11.7 Å². The van der Waals surface area contributed by atoms with Gasteiger partial charge in [-0.3, -0.25) is 0 Å². The van der Waals surface area contributed by atoms with E-state index in [1.165, 1.54) is 6.07 Å². The van der Waals surface area contributed by atoms with Gasteiger partial charge in [0.2, 0.25) is 5.88 Å². The highest BCUT2D eigenvalue weighted by atomic mass is 32.1. The predicted molar refractivity (Wildman–Crippen MR) is 74.2 cm³/mol. The van der Waals surface area contributed by atoms with Crippen molar-refractivity contribution in [3.8, 4) is 5.88 Å². The summed E-state index contributed by atoms with van der Waals surface area (Å²) < 4.78 is 48.7. The maximum absolute atomic E-state index is 12.7. The third-order valence-corrected chi connectivity index (χ3v) is 3.43. The normalized spacial score (nSPS) is 16.7. The Morgan fingerprint density at radius 2 is 2.05 bits per heavy atom. The summed E-state index contributed by atoms with van der Waals surface area (Å²) >= 11 is 4.81. The lowest BCUT2D eigenvalue weighted by Crippen LogP contribution is -2.23. The summed E-state index contributed by atoms with van der Waals surface area (Å²) in [6.07, 6.45) is -2.92. The maximum Gasteiger partial charge on any atom is 0.433 e. The molecule has 0 aromatic carbocycles. The number of nitrogens with two attached hydrogens (primary N) is 1. The van der Waals surface area contributed by atoms with E-state index in [2.05, 4.69) is 4.98 Å². The van der Waals surface area contributed by atoms with Crippen LogP contribution >= 0.6 is 12.2 Å². The van der Waals surface area contributed by atoms with Crippen LogP contribution in [0.1, 0.15) is 24.1 Å². The van der Waals surface area contributed by atoms with Crippen LogP contribution in [0, 0.1) is 5.92 Å². The summed E-state index contributed by atoms with van der Waals surface area (Å²) in [5, 5.41) is 0. The molecule has 1 aliphatic rings. The molecule has 2 N–H and O–H groups in total. The van der Waals surface area contributed by atoms with Crippen LogP contribution in [-0.2, 0) is 10.9 Å². The lowest BCUT2D eigenvalue weighted by Gasteiger charge is -2.22. The third-order valence-electron chi connectivity index (χ3n) is 3.21. The Hall–Kier alpha value is -1.41. The van der Waals surface area contributed by atoms with Crippen LogP contribution in [-0.4, -0.2) is 29.8 Å². The first-order valence-electron chi connectivity index (χ1n) is 6.46. The molecule has 116 valence electrons. The summed E-state index contributed by atoms with van der Waals surface area (Å²) in [5.74, 6) is 0.0677. The van der Waals surface area contributed by atoms with E-state index in [0.29, 0.717) is 13.2 Å². The molecule has 1 aromatic rings. The fourth-order valence-corrected chi connectivity index (χ4v) is 2.16. The monoisotopic (exact) mass is 320 g/mol. The molecule has 4 nitrogen and oxygen atoms in total. The van der Waals surface area contributed by atoms with E-state index in [1.807, 2.05) is 0 Å². The first-order valence-corrected chi connectivity index (χ1v) is 6.87. The lowest BCUT2D eigenvalue weighted by molar-refractivity contribution is -0.141. The number of aromatic nitrogens is 1. The molecule has 0 aliphatic carbocycles. The number of halogens is 3. The molecule has 1 fully saturated rings. The molecule has 2 heterocycles. The van der Waals surface area contributed by atoms with Crippen LogP contribution < -0.4 is 10.5 Å². The van der Waals surface area contributed by atoms with Crippen molar-refractivity contribution < 1.29 is 22.6 Å². The molecule has 1 saturated heterocycles. The molecule has 0 saturated carbocycles. The lowest BCUT2D eigenvalue weighted by atomic mass is 10.0. The van der Waals surface area contributed by atoms with Crippen LogP contribution in [0.5, 0.6) is 5.88 Å². The van der Waals surface area contributed by atoms with Crippen molar-refractivity contribution in [3.05, 3.63) is 23.4 Å². The van der Waals surface area contributed by atoms with Gasteiger partial charge < -0.3 is 15.2 Å². The maximum atomic E-state index is 12.7. The topological polar surface area (TPSA) is 57.4 Å². The van der Waals surface area contributed by atoms with E-state index in [9.17, 15) is 13.2 Å². The van der Waals surface area contributed by atoms with Gasteiger partial charge in [0, 0.05) is 13.2 Å². The zero-order chi connectivity index (χ0) is 15.5. The van der Waals surface area contributed by atoms with Gasteiger partial charge in [-0.05, 0) is 30.9 Å². The van der Waals surface area contributed by atoms with Crippen molar-refractivity contribution in [1.82, 2.24) is 4.98 Å². The molecule has 2 rings (SSSR count). The van der Waals surface area contributed by atoms with Crippen LogP contribution in [0.3, 0.4) is 0 Å². The van der Waals surface area contributed by atoms with Crippen LogP contribution in [0.4, 0.5) is 13.2 Å². The number of pyridine rings is 1. The van der Waals surface area contributed by atoms with Crippen molar-refractivity contribution >= 4 is 17.2 Å². The highest BCUT2D eigenvalue weighted by Crippen LogP contribution is 2.30. The van der Waals surface area contributed by atoms with Crippen molar-refractivity contribution in [3.63, 3.8) is 0 Å². The molecular weight excluding hydrogens is 305 g/mol. The molecular formula is C13H15F3N2O2S. The third kappa shape index (κ3) is 4.28. The van der Waals surface area contributed by atoms with E-state index < -0.39 is 11.9 Å². The Morgan fingerprint density at radius 3 is 2.62 bits per heavy atom. The Labute approximate surface area is 125 Å². The van der Waals surface area contributed by atoms with Gasteiger partial charge in [-0.15, -0.1) is 0 Å². The first-order chi connectivity index (χ1) is 9.88. The fraction of sp³-hybridized carbons (Fsp3) is 0.538. The summed E-state index contributed by atoms with van der Waals surface area (Å²) in [4.78, 5) is 3.46. The SMILES string of the molecule is NC(=S)c1ccc(C(F)(F)F)nc1OCC1CCOCC1. The summed E-state index contributed by atoms with van der Waals surface area (Å²) in [6, 6.07) is 2.03. The molecule has 8 heteroatoms. The number of rotatable bonds is 4. The van der Waals surface area contributed by atoms with Gasteiger partial charge in [0.05, 0.1) is 12.2 Å². The molecule has 0 unspecified atom stereocenters. The molecule has 0 spiro atoms. The zero-order valence-electron chi connectivity index (χ0n) is 11.2. The van der Waals surface area contributed by atoms with E-state index in [-0.39, 0.29) is 29.0 Å². The van der Waals surface area contributed by atoms with Gasteiger partial charge in [-0.25, -0.2) is 4.98 Å². The average Bonchev–Trinajstić information content (AvgIpc) is 2.45. The minimum atomic E-state index is -4.54. The Kier molecular flexibility index (Phi) is 5.00. The number of hydrogen-bond donors (Lipinski definition) is 1. The standard InChI is InChI=1S/C13H15F3N2O2S/c14-13(15,16)10-2-1-9(11(17)21)12(18-10)20-7-8-3-5-19-6-4-8/h1-2,8H,3-7H2,(H2,17,21). The molecule has 0 atom stereocenters. The quantitative estimate of drug-likeness (QED) is 0.864. The van der Waals surface area contributed by atoms with Gasteiger partial charge in [0.1, 0.15) is 10.7 Å². The smallest absolute Gasteiger partial charge is 0.433 e. The van der Waals surface area contributed by atoms with E-state index in [4.69, 9.17) is 27.4 Å². The highest BCUT2D eigenvalue weighted by molar-refractivity contribution is 7.80. The van der Waals surface area contributed by atoms with Gasteiger partial charge in [0.15, 0.2) is 0 Å². The molecule has 1 aromatic heterocycles. The number of alkyl halides is 3. The van der Waals surface area contributed by atoms with Crippen LogP contribution in [0.25, 0.3) is 0 Å². The Bertz CT molecular complexity index is 517. The first kappa shape index (κ1) is 16.0. The summed E-state index contributed by atoms with van der Waals surface area (Å²) in [6.45, 7) is 1.53. The number of hydrogen-bond acceptors (Lipinski definition) is 4. The molecule has 1 aliphatic heterocycles. The molecule has 0 bridgehead atoms. The second-order valence-electron chi connectivity index (χ2n) is 4.78.